The summed E-state index contributed by atoms with van der Waals surface area (Å²) < 4.78 is 43.4. The molecule has 4 aromatic heterocycles. The Hall–Kier alpha value is -7.10. The highest BCUT2D eigenvalue weighted by atomic mass is 19.1. The second-order valence-corrected chi connectivity index (χ2v) is 21.9. The quantitative estimate of drug-likeness (QED) is 0.0905. The smallest absolute Gasteiger partial charge is 0.309 e. The molecule has 0 radical (unpaired) electrons. The molecule has 0 saturated carbocycles. The molecule has 0 N–H and O–H groups in total. The third kappa shape index (κ3) is 14.1. The van der Waals surface area contributed by atoms with Crippen LogP contribution >= 0.6 is 0 Å². The summed E-state index contributed by atoms with van der Waals surface area (Å²) in [7, 11) is 0. The van der Waals surface area contributed by atoms with Gasteiger partial charge in [0.05, 0.1) is 36.4 Å². The molecule has 0 spiro atoms. The molecule has 2 amide bonds. The predicted molar refractivity (Wildman–Crippen MR) is 308 cm³/mol. The first-order chi connectivity index (χ1) is 38.6. The Kier molecular flexibility index (Phi) is 20.2. The predicted octanol–water partition coefficient (Wildman–Crippen LogP) is 13.4. The van der Waals surface area contributed by atoms with Crippen molar-refractivity contribution in [2.24, 2.45) is 11.8 Å². The van der Waals surface area contributed by atoms with E-state index < -0.39 is 0 Å². The van der Waals surface area contributed by atoms with Crippen molar-refractivity contribution in [3.05, 3.63) is 124 Å². The highest BCUT2D eigenvalue weighted by molar-refractivity contribution is 5.94. The fraction of sp³-hybridized carbons (Fsp3) is 0.500. The van der Waals surface area contributed by atoms with Crippen LogP contribution in [0.2, 0.25) is 0 Å². The second-order valence-electron chi connectivity index (χ2n) is 21.9. The normalized spacial score (nSPS) is 19.6. The first-order valence-corrected chi connectivity index (χ1v) is 29.3. The van der Waals surface area contributed by atoms with Gasteiger partial charge in [-0.2, -0.15) is 10.2 Å². The van der Waals surface area contributed by atoms with E-state index in [1.165, 1.54) is 11.6 Å². The molecule has 6 aromatic rings. The number of fused-ring (bicyclic) bond motifs is 2. The minimum absolute atomic E-state index is 0.0266. The summed E-state index contributed by atoms with van der Waals surface area (Å²) in [5.41, 5.74) is 9.67. The van der Waals surface area contributed by atoms with Gasteiger partial charge in [0.1, 0.15) is 23.0 Å². The van der Waals surface area contributed by atoms with Gasteiger partial charge in [-0.05, 0) is 172 Å². The summed E-state index contributed by atoms with van der Waals surface area (Å²) in [6, 6.07) is 17.9. The molecule has 2 aromatic carbocycles. The van der Waals surface area contributed by atoms with E-state index in [1.54, 1.807) is 39.4 Å². The summed E-state index contributed by atoms with van der Waals surface area (Å²) in [5.74, 6) is -0.942. The van der Waals surface area contributed by atoms with Gasteiger partial charge in [0.2, 0.25) is 0 Å². The number of esters is 2. The Labute approximate surface area is 470 Å². The largest absolute Gasteiger partial charge is 0.466 e. The number of amides is 2. The Morgan fingerprint density at radius 1 is 0.575 bits per heavy atom. The molecule has 2 saturated heterocycles. The maximum absolute atomic E-state index is 15.4. The van der Waals surface area contributed by atoms with Gasteiger partial charge in [-0.1, -0.05) is 69.4 Å². The lowest BCUT2D eigenvalue weighted by Crippen LogP contribution is -2.38. The van der Waals surface area contributed by atoms with Crippen LogP contribution in [-0.4, -0.2) is 101 Å². The SMILES string of the molecule is CCOC(=O)C1CC=C(C)CC1.CCOC(=O)C1CC=C(c2ccc(-c3cc4nc(C(=O)N5CCCCC[C@H]5C)cc(CC)n4n3)c(F)c2)CC1.CCc1cc(C(=O)N2CCCCC[C@H]2C)nc2cc(-c3ccc(C)cc3F)nn12. The lowest BCUT2D eigenvalue weighted by molar-refractivity contribution is -0.149. The van der Waals surface area contributed by atoms with Crippen LogP contribution in [0.1, 0.15) is 182 Å². The van der Waals surface area contributed by atoms with E-state index in [0.717, 1.165) is 112 Å². The highest BCUT2D eigenvalue weighted by Crippen LogP contribution is 2.34. The number of ether oxygens (including phenoxy) is 2. The molecule has 6 heterocycles. The molecule has 16 heteroatoms. The Bertz CT molecular complexity index is 3250. The third-order valence-electron chi connectivity index (χ3n) is 16.1. The molecule has 4 atom stereocenters. The number of aryl methyl sites for hydroxylation is 3. The van der Waals surface area contributed by atoms with Crippen molar-refractivity contribution < 1.29 is 37.4 Å². The van der Waals surface area contributed by atoms with Crippen molar-refractivity contribution in [2.75, 3.05) is 26.3 Å². The van der Waals surface area contributed by atoms with Crippen LogP contribution in [0.4, 0.5) is 8.78 Å². The van der Waals surface area contributed by atoms with E-state index >= 15 is 4.39 Å². The molecule has 0 bridgehead atoms. The number of carbonyl (C=O) groups is 4. The summed E-state index contributed by atoms with van der Waals surface area (Å²) >= 11 is 0. The fourth-order valence-electron chi connectivity index (χ4n) is 11.3. The van der Waals surface area contributed by atoms with Crippen molar-refractivity contribution in [3.8, 4) is 22.5 Å². The van der Waals surface area contributed by atoms with Crippen molar-refractivity contribution in [1.29, 1.82) is 0 Å². The summed E-state index contributed by atoms with van der Waals surface area (Å²) in [6.45, 7) is 18.3. The second kappa shape index (κ2) is 27.4. The number of hydrogen-bond donors (Lipinski definition) is 0. The molecule has 2 aliphatic heterocycles. The van der Waals surface area contributed by atoms with Gasteiger partial charge in [0.25, 0.3) is 11.8 Å². The molecule has 2 unspecified atom stereocenters. The monoisotopic (exact) mass is 1090 g/mol. The maximum atomic E-state index is 15.4. The van der Waals surface area contributed by atoms with Crippen LogP contribution in [0.3, 0.4) is 0 Å². The maximum Gasteiger partial charge on any atom is 0.309 e. The number of halogens is 2. The fourth-order valence-corrected chi connectivity index (χ4v) is 11.3. The van der Waals surface area contributed by atoms with Gasteiger partial charge >= 0.3 is 11.9 Å². The highest BCUT2D eigenvalue weighted by Gasteiger charge is 2.29. The van der Waals surface area contributed by atoms with Gasteiger partial charge in [-0.15, -0.1) is 0 Å². The number of carbonyl (C=O) groups excluding carboxylic acids is 4. The van der Waals surface area contributed by atoms with Crippen molar-refractivity contribution in [3.63, 3.8) is 0 Å². The van der Waals surface area contributed by atoms with E-state index in [0.29, 0.717) is 90.5 Å². The standard InChI is InChI=1S/C31H37FN4O3.C23H27FN4O.C10H16O2/c1-4-24-18-28(30(37)35-16-8-6-7-9-20(35)3)33-29-19-27(34-36(24)29)25-15-14-23(17-26(25)32)21-10-12-22(13-11-21)31(38)39-5-2;1-4-17-13-21(23(29)27-11-7-5-6-8-16(27)3)25-22-14-20(26-28(17)22)18-10-9-15(2)12-19(18)24;1-3-12-10(11)9-6-4-8(2)5-7-9/h10,14-15,17-20,22H,4-9,11-13,16H2,1-3H3;9-10,12-14,16H,4-8,11H2,1-3H3;4,9H,3,5-7H2,1-2H3/t20-,22?;16-;/m11./s1. The summed E-state index contributed by atoms with van der Waals surface area (Å²) in [4.78, 5) is 63.1. The number of aromatic nitrogens is 6. The van der Waals surface area contributed by atoms with E-state index in [4.69, 9.17) is 9.47 Å². The average molecular weight is 1100 g/mol. The van der Waals surface area contributed by atoms with Gasteiger partial charge in [-0.3, -0.25) is 19.2 Å². The lowest BCUT2D eigenvalue weighted by atomic mass is 9.86. The minimum Gasteiger partial charge on any atom is -0.466 e. The Balaban J connectivity index is 0.000000179. The zero-order valence-corrected chi connectivity index (χ0v) is 48.2. The van der Waals surface area contributed by atoms with Crippen LogP contribution in [-0.2, 0) is 31.9 Å². The van der Waals surface area contributed by atoms with Gasteiger partial charge in [0.15, 0.2) is 11.3 Å². The summed E-state index contributed by atoms with van der Waals surface area (Å²) in [6.07, 6.45) is 19.1. The molecule has 426 valence electrons. The van der Waals surface area contributed by atoms with Crippen molar-refractivity contribution >= 4 is 40.6 Å². The van der Waals surface area contributed by atoms with Crippen LogP contribution in [0.5, 0.6) is 0 Å². The molecule has 14 nitrogen and oxygen atoms in total. The van der Waals surface area contributed by atoms with E-state index in [-0.39, 0.29) is 59.3 Å². The van der Waals surface area contributed by atoms with Gasteiger partial charge in [-0.25, -0.2) is 27.8 Å². The first-order valence-electron chi connectivity index (χ1n) is 29.3. The molecule has 10 rings (SSSR count). The first kappa shape index (κ1) is 59.0. The van der Waals surface area contributed by atoms with Crippen molar-refractivity contribution in [2.45, 2.75) is 170 Å². The zero-order valence-electron chi connectivity index (χ0n) is 48.2. The van der Waals surface area contributed by atoms with Crippen LogP contribution in [0, 0.1) is 30.4 Å². The Morgan fingerprint density at radius 3 is 1.50 bits per heavy atom. The lowest BCUT2D eigenvalue weighted by Gasteiger charge is -2.27. The number of rotatable bonds is 11. The van der Waals surface area contributed by atoms with E-state index in [2.05, 4.69) is 47.0 Å². The number of benzene rings is 2. The van der Waals surface area contributed by atoms with Crippen LogP contribution < -0.4 is 0 Å². The molecule has 4 aliphatic rings. The Morgan fingerprint density at radius 2 is 1.06 bits per heavy atom. The molecule has 2 fully saturated rings. The zero-order chi connectivity index (χ0) is 57.0. The topological polar surface area (TPSA) is 154 Å². The van der Waals surface area contributed by atoms with Gasteiger partial charge < -0.3 is 19.3 Å². The minimum atomic E-state index is -0.364. The molecular formula is C64H80F2N8O6. The van der Waals surface area contributed by atoms with Crippen molar-refractivity contribution in [1.82, 2.24) is 39.0 Å². The van der Waals surface area contributed by atoms with E-state index in [1.807, 2.05) is 74.8 Å². The van der Waals surface area contributed by atoms with Gasteiger partial charge in [0, 0.05) is 59.8 Å². The number of nitrogens with zero attached hydrogens (tertiary/aromatic N) is 8. The third-order valence-corrected chi connectivity index (χ3v) is 16.1. The number of allylic oxidation sites excluding steroid dienone is 4. The molecule has 2 aliphatic carbocycles. The molecular weight excluding hydrogens is 1010 g/mol. The van der Waals surface area contributed by atoms with E-state index in [9.17, 15) is 23.6 Å². The summed E-state index contributed by atoms with van der Waals surface area (Å²) in [5, 5.41) is 9.25. The average Bonchev–Trinajstić information content (AvgIpc) is 3.96. The van der Waals surface area contributed by atoms with Crippen LogP contribution in [0.25, 0.3) is 39.4 Å². The number of hydrogen-bond acceptors (Lipinski definition) is 10. The molecule has 80 heavy (non-hydrogen) atoms. The van der Waals surface area contributed by atoms with Crippen LogP contribution in [0.15, 0.2) is 78.4 Å². The number of likely N-dealkylation sites (tertiary alicyclic amines) is 2.